The molecule has 92 valence electrons. The molecular formula is C8H20N2O3S2. The van der Waals surface area contributed by atoms with E-state index in [-0.39, 0.29) is 6.61 Å². The van der Waals surface area contributed by atoms with E-state index >= 15 is 0 Å². The third-order valence-corrected chi connectivity index (χ3v) is 4.56. The van der Waals surface area contributed by atoms with Crippen LogP contribution in [0, 0.1) is 0 Å². The van der Waals surface area contributed by atoms with Gasteiger partial charge in [-0.05, 0) is 12.7 Å². The highest BCUT2D eigenvalue weighted by atomic mass is 32.2. The van der Waals surface area contributed by atoms with Crippen molar-refractivity contribution in [3.05, 3.63) is 0 Å². The van der Waals surface area contributed by atoms with Gasteiger partial charge in [-0.25, -0.2) is 0 Å². The first-order valence-corrected chi connectivity index (χ1v) is 7.53. The smallest absolute Gasteiger partial charge is 0.281 e. The minimum absolute atomic E-state index is 0.00832. The molecule has 0 aliphatic heterocycles. The monoisotopic (exact) mass is 256 g/mol. The van der Waals surface area contributed by atoms with Crippen LogP contribution in [0.3, 0.4) is 0 Å². The molecule has 0 atom stereocenters. The van der Waals surface area contributed by atoms with Gasteiger partial charge in [-0.2, -0.15) is 28.8 Å². The van der Waals surface area contributed by atoms with Gasteiger partial charge in [0.15, 0.2) is 0 Å². The number of nitrogens with zero attached hydrogens (tertiary/aromatic N) is 2. The Bertz CT molecular complexity index is 237. The number of hydrogen-bond donors (Lipinski definition) is 1. The Morgan fingerprint density at radius 1 is 1.20 bits per heavy atom. The lowest BCUT2D eigenvalue weighted by Crippen LogP contribution is -2.41. The lowest BCUT2D eigenvalue weighted by Gasteiger charge is -2.23. The topological polar surface area (TPSA) is 60.9 Å². The minimum atomic E-state index is -3.34. The van der Waals surface area contributed by atoms with E-state index in [0.717, 1.165) is 5.75 Å². The van der Waals surface area contributed by atoms with Crippen LogP contribution in [0.5, 0.6) is 0 Å². The van der Waals surface area contributed by atoms with Crippen LogP contribution in [0.4, 0.5) is 0 Å². The van der Waals surface area contributed by atoms with Gasteiger partial charge in [0.05, 0.1) is 0 Å². The first-order chi connectivity index (χ1) is 6.96. The lowest BCUT2D eigenvalue weighted by molar-refractivity contribution is 0.273. The standard InChI is InChI=1S/C8H20N2O3S2/c1-9(5-4-7-11)15(12,13)10(2)6-8-14-3/h11H,4-8H2,1-3H3. The molecule has 0 heterocycles. The maximum absolute atomic E-state index is 11.8. The van der Waals surface area contributed by atoms with Crippen molar-refractivity contribution < 1.29 is 13.5 Å². The predicted octanol–water partition coefficient (Wildman–Crippen LogP) is -0.160. The number of aliphatic hydroxyl groups is 1. The molecule has 0 fully saturated rings. The second-order valence-corrected chi connectivity index (χ2v) is 6.35. The van der Waals surface area contributed by atoms with Gasteiger partial charge in [0.2, 0.25) is 0 Å². The second-order valence-electron chi connectivity index (χ2n) is 3.22. The van der Waals surface area contributed by atoms with Crippen LogP contribution in [-0.4, -0.2) is 67.9 Å². The van der Waals surface area contributed by atoms with Crippen molar-refractivity contribution >= 4 is 22.0 Å². The number of rotatable bonds is 8. The number of hydrogen-bond acceptors (Lipinski definition) is 4. The van der Waals surface area contributed by atoms with Gasteiger partial charge in [0.1, 0.15) is 0 Å². The fourth-order valence-electron chi connectivity index (χ4n) is 0.982. The molecule has 0 aromatic rings. The first-order valence-electron chi connectivity index (χ1n) is 4.74. The molecule has 1 N–H and O–H groups in total. The van der Waals surface area contributed by atoms with E-state index in [4.69, 9.17) is 5.11 Å². The molecular weight excluding hydrogens is 236 g/mol. The largest absolute Gasteiger partial charge is 0.396 e. The Balaban J connectivity index is 4.25. The van der Waals surface area contributed by atoms with E-state index in [1.54, 1.807) is 18.8 Å². The maximum atomic E-state index is 11.8. The average molecular weight is 256 g/mol. The van der Waals surface area contributed by atoms with Crippen molar-refractivity contribution in [1.29, 1.82) is 0 Å². The molecule has 5 nitrogen and oxygen atoms in total. The Kier molecular flexibility index (Phi) is 7.54. The first kappa shape index (κ1) is 15.2. The van der Waals surface area contributed by atoms with Crippen LogP contribution in [0.15, 0.2) is 0 Å². The van der Waals surface area contributed by atoms with Gasteiger partial charge in [-0.3, -0.25) is 0 Å². The molecule has 0 aromatic heterocycles. The zero-order valence-corrected chi connectivity index (χ0v) is 11.1. The molecule has 0 saturated heterocycles. The molecule has 0 aliphatic carbocycles. The zero-order chi connectivity index (χ0) is 11.9. The van der Waals surface area contributed by atoms with E-state index in [1.807, 2.05) is 6.26 Å². The molecule has 0 unspecified atom stereocenters. The molecule has 15 heavy (non-hydrogen) atoms. The van der Waals surface area contributed by atoms with Crippen molar-refractivity contribution in [2.24, 2.45) is 0 Å². The molecule has 0 rings (SSSR count). The molecule has 0 amide bonds. The minimum Gasteiger partial charge on any atom is -0.396 e. The molecule has 0 aliphatic rings. The fraction of sp³-hybridized carbons (Fsp3) is 1.00. The third kappa shape index (κ3) is 5.17. The summed E-state index contributed by atoms with van der Waals surface area (Å²) in [6.45, 7) is 0.865. The maximum Gasteiger partial charge on any atom is 0.281 e. The highest BCUT2D eigenvalue weighted by molar-refractivity contribution is 7.98. The van der Waals surface area contributed by atoms with Crippen molar-refractivity contribution in [3.63, 3.8) is 0 Å². The third-order valence-electron chi connectivity index (χ3n) is 2.03. The van der Waals surface area contributed by atoms with E-state index in [1.165, 1.54) is 15.7 Å². The SMILES string of the molecule is CSCCN(C)S(=O)(=O)N(C)CCCO. The summed E-state index contributed by atoms with van der Waals surface area (Å²) in [5.74, 6) is 0.781. The number of thioether (sulfide) groups is 1. The van der Waals surface area contributed by atoms with Crippen molar-refractivity contribution in [1.82, 2.24) is 8.61 Å². The average Bonchev–Trinajstić information content (AvgIpc) is 2.21. The van der Waals surface area contributed by atoms with Gasteiger partial charge in [-0.1, -0.05) is 0 Å². The van der Waals surface area contributed by atoms with Gasteiger partial charge < -0.3 is 5.11 Å². The fourth-order valence-corrected chi connectivity index (χ4v) is 2.71. The van der Waals surface area contributed by atoms with Crippen LogP contribution in [0.2, 0.25) is 0 Å². The van der Waals surface area contributed by atoms with E-state index in [0.29, 0.717) is 19.5 Å². The molecule has 0 saturated carbocycles. The van der Waals surface area contributed by atoms with E-state index < -0.39 is 10.2 Å². The molecule has 0 spiro atoms. The highest BCUT2D eigenvalue weighted by Crippen LogP contribution is 2.05. The van der Waals surface area contributed by atoms with Gasteiger partial charge in [0, 0.05) is 39.5 Å². The summed E-state index contributed by atoms with van der Waals surface area (Å²) < 4.78 is 26.2. The highest BCUT2D eigenvalue weighted by Gasteiger charge is 2.22. The van der Waals surface area contributed by atoms with Crippen molar-refractivity contribution in [3.8, 4) is 0 Å². The van der Waals surface area contributed by atoms with Crippen LogP contribution < -0.4 is 0 Å². The molecule has 0 radical (unpaired) electrons. The number of aliphatic hydroxyl groups excluding tert-OH is 1. The Morgan fingerprint density at radius 2 is 1.73 bits per heavy atom. The lowest BCUT2D eigenvalue weighted by atomic mass is 10.5. The summed E-state index contributed by atoms with van der Waals surface area (Å²) in [7, 11) is -0.242. The quantitative estimate of drug-likeness (QED) is 0.655. The van der Waals surface area contributed by atoms with E-state index in [2.05, 4.69) is 0 Å². The molecule has 0 aromatic carbocycles. The second kappa shape index (κ2) is 7.45. The Morgan fingerprint density at radius 3 is 2.20 bits per heavy atom. The van der Waals surface area contributed by atoms with Crippen LogP contribution in [0.25, 0.3) is 0 Å². The summed E-state index contributed by atoms with van der Waals surface area (Å²) in [6, 6.07) is 0. The summed E-state index contributed by atoms with van der Waals surface area (Å²) in [4.78, 5) is 0. The summed E-state index contributed by atoms with van der Waals surface area (Å²) >= 11 is 1.61. The van der Waals surface area contributed by atoms with Gasteiger partial charge >= 0.3 is 0 Å². The molecule has 7 heteroatoms. The normalized spacial score (nSPS) is 12.7. The van der Waals surface area contributed by atoms with E-state index in [9.17, 15) is 8.42 Å². The van der Waals surface area contributed by atoms with Crippen molar-refractivity contribution in [2.75, 3.05) is 45.8 Å². The summed E-state index contributed by atoms with van der Waals surface area (Å²) in [5.41, 5.74) is 0. The van der Waals surface area contributed by atoms with Crippen LogP contribution >= 0.6 is 11.8 Å². The molecule has 0 bridgehead atoms. The van der Waals surface area contributed by atoms with Crippen LogP contribution in [-0.2, 0) is 10.2 Å². The summed E-state index contributed by atoms with van der Waals surface area (Å²) in [5, 5.41) is 8.62. The van der Waals surface area contributed by atoms with Gasteiger partial charge in [0.25, 0.3) is 10.2 Å². The summed E-state index contributed by atoms with van der Waals surface area (Å²) in [6.07, 6.45) is 2.40. The van der Waals surface area contributed by atoms with Crippen molar-refractivity contribution in [2.45, 2.75) is 6.42 Å². The van der Waals surface area contributed by atoms with Crippen LogP contribution in [0.1, 0.15) is 6.42 Å². The Labute approximate surface area is 96.6 Å². The Hall–Kier alpha value is 0.180. The predicted molar refractivity (Wildman–Crippen MR) is 64.3 cm³/mol. The zero-order valence-electron chi connectivity index (χ0n) is 9.51. The van der Waals surface area contributed by atoms with Gasteiger partial charge in [-0.15, -0.1) is 0 Å².